The fourth-order valence-electron chi connectivity index (χ4n) is 4.78. The van der Waals surface area contributed by atoms with Gasteiger partial charge in [0.1, 0.15) is 11.4 Å². The molecule has 0 saturated carbocycles. The van der Waals surface area contributed by atoms with E-state index in [1.807, 2.05) is 47.4 Å². The van der Waals surface area contributed by atoms with E-state index in [0.29, 0.717) is 31.6 Å². The molecule has 1 N–H and O–H groups in total. The number of benzene rings is 1. The number of carbonyl (C=O) groups excluding carboxylic acids is 2. The van der Waals surface area contributed by atoms with Crippen molar-refractivity contribution in [3.05, 3.63) is 88.6 Å². The van der Waals surface area contributed by atoms with Gasteiger partial charge in [-0.25, -0.2) is 0 Å². The van der Waals surface area contributed by atoms with Crippen molar-refractivity contribution in [3.63, 3.8) is 0 Å². The minimum absolute atomic E-state index is 0.0440. The van der Waals surface area contributed by atoms with Crippen molar-refractivity contribution in [2.75, 3.05) is 13.1 Å². The third-order valence-electron chi connectivity index (χ3n) is 6.19. The summed E-state index contributed by atoms with van der Waals surface area (Å²) in [6.07, 6.45) is 3.07. The third kappa shape index (κ3) is 3.42. The number of nitrogens with zero attached hydrogens (tertiary/aromatic N) is 3. The molecule has 3 aromatic rings. The molecule has 5 rings (SSSR count). The van der Waals surface area contributed by atoms with E-state index in [0.717, 1.165) is 11.1 Å². The minimum atomic E-state index is -0.298. The lowest BCUT2D eigenvalue weighted by atomic mass is 10.0. The van der Waals surface area contributed by atoms with Crippen molar-refractivity contribution in [1.29, 1.82) is 0 Å². The predicted octanol–water partition coefficient (Wildman–Crippen LogP) is 2.57. The maximum atomic E-state index is 13.5. The normalized spacial score (nSPS) is 20.0. The Labute approximate surface area is 179 Å². The number of H-pyrrole nitrogens is 1. The van der Waals surface area contributed by atoms with Crippen LogP contribution in [0.5, 0.6) is 0 Å². The highest BCUT2D eigenvalue weighted by molar-refractivity contribution is 5.99. The van der Waals surface area contributed by atoms with Crippen LogP contribution in [0.1, 0.15) is 33.8 Å². The second-order valence-electron chi connectivity index (χ2n) is 7.90. The van der Waals surface area contributed by atoms with E-state index in [1.165, 1.54) is 6.07 Å². The summed E-state index contributed by atoms with van der Waals surface area (Å²) in [5.74, 6) is -0.295. The van der Waals surface area contributed by atoms with Gasteiger partial charge in [-0.3, -0.25) is 19.4 Å². The molecule has 1 aromatic carbocycles. The Morgan fingerprint density at radius 1 is 0.839 bits per heavy atom. The molecule has 0 radical (unpaired) electrons. The van der Waals surface area contributed by atoms with E-state index in [-0.39, 0.29) is 35.2 Å². The first-order valence-electron chi connectivity index (χ1n) is 10.5. The molecule has 4 heterocycles. The highest BCUT2D eigenvalue weighted by Crippen LogP contribution is 2.34. The molecule has 0 spiro atoms. The number of amides is 2. The molecule has 156 valence electrons. The van der Waals surface area contributed by atoms with E-state index in [2.05, 4.69) is 9.97 Å². The Balaban J connectivity index is 1.39. The van der Waals surface area contributed by atoms with Crippen molar-refractivity contribution in [3.8, 4) is 11.1 Å². The van der Waals surface area contributed by atoms with E-state index in [1.54, 1.807) is 23.2 Å². The van der Waals surface area contributed by atoms with Gasteiger partial charge in [-0.15, -0.1) is 0 Å². The average molecular weight is 414 g/mol. The fourth-order valence-corrected chi connectivity index (χ4v) is 4.78. The second-order valence-corrected chi connectivity index (χ2v) is 7.90. The lowest BCUT2D eigenvalue weighted by molar-refractivity contribution is 0.0685. The first kappa shape index (κ1) is 19.2. The van der Waals surface area contributed by atoms with Crippen LogP contribution in [0.4, 0.5) is 0 Å². The molecule has 0 aliphatic carbocycles. The van der Waals surface area contributed by atoms with Crippen LogP contribution in [0.15, 0.2) is 71.7 Å². The zero-order valence-electron chi connectivity index (χ0n) is 16.9. The van der Waals surface area contributed by atoms with Gasteiger partial charge in [0.2, 0.25) is 5.56 Å². The van der Waals surface area contributed by atoms with Gasteiger partial charge in [0, 0.05) is 30.9 Å². The van der Waals surface area contributed by atoms with Gasteiger partial charge in [0.05, 0.1) is 12.1 Å². The lowest BCUT2D eigenvalue weighted by Gasteiger charge is -2.26. The third-order valence-corrected chi connectivity index (χ3v) is 6.19. The maximum Gasteiger partial charge on any atom is 0.273 e. The van der Waals surface area contributed by atoms with Gasteiger partial charge in [-0.2, -0.15) is 0 Å². The quantitative estimate of drug-likeness (QED) is 0.714. The molecule has 2 atom stereocenters. The Morgan fingerprint density at radius 3 is 2.26 bits per heavy atom. The van der Waals surface area contributed by atoms with E-state index >= 15 is 0 Å². The number of hydrogen-bond donors (Lipinski definition) is 1. The molecular formula is C24H22N4O3. The Morgan fingerprint density at radius 2 is 1.55 bits per heavy atom. The van der Waals surface area contributed by atoms with Crippen LogP contribution >= 0.6 is 0 Å². The van der Waals surface area contributed by atoms with Gasteiger partial charge >= 0.3 is 0 Å². The fraction of sp³-hybridized carbons (Fsp3) is 0.250. The van der Waals surface area contributed by atoms with Crippen molar-refractivity contribution >= 4 is 11.8 Å². The number of likely N-dealkylation sites (tertiary alicyclic amines) is 2. The number of carbonyl (C=O) groups is 2. The van der Waals surface area contributed by atoms with Crippen LogP contribution in [0.3, 0.4) is 0 Å². The molecular weight excluding hydrogens is 392 g/mol. The first-order valence-corrected chi connectivity index (χ1v) is 10.5. The predicted molar refractivity (Wildman–Crippen MR) is 116 cm³/mol. The van der Waals surface area contributed by atoms with Crippen LogP contribution in [-0.4, -0.2) is 56.8 Å². The van der Waals surface area contributed by atoms with Crippen molar-refractivity contribution in [2.24, 2.45) is 0 Å². The molecule has 0 unspecified atom stereocenters. The van der Waals surface area contributed by atoms with Gasteiger partial charge < -0.3 is 14.8 Å². The number of aromatic nitrogens is 2. The maximum absolute atomic E-state index is 13.5. The molecule has 2 amide bonds. The van der Waals surface area contributed by atoms with Crippen LogP contribution < -0.4 is 5.56 Å². The summed E-state index contributed by atoms with van der Waals surface area (Å²) >= 11 is 0. The van der Waals surface area contributed by atoms with Crippen molar-refractivity contribution in [1.82, 2.24) is 19.8 Å². The number of fused-ring (bicyclic) bond motifs is 1. The Hall–Kier alpha value is -3.74. The number of hydrogen-bond acceptors (Lipinski definition) is 4. The minimum Gasteiger partial charge on any atom is -0.332 e. The van der Waals surface area contributed by atoms with Gasteiger partial charge in [0.15, 0.2) is 0 Å². The lowest BCUT2D eigenvalue weighted by Crippen LogP contribution is -2.42. The number of nitrogens with one attached hydrogen (secondary N) is 1. The van der Waals surface area contributed by atoms with Crippen LogP contribution in [0, 0.1) is 0 Å². The number of pyridine rings is 2. The highest BCUT2D eigenvalue weighted by atomic mass is 16.2. The zero-order chi connectivity index (χ0) is 21.4. The van der Waals surface area contributed by atoms with Crippen LogP contribution in [-0.2, 0) is 0 Å². The van der Waals surface area contributed by atoms with Crippen molar-refractivity contribution in [2.45, 2.75) is 24.9 Å². The molecule has 2 aromatic heterocycles. The molecule has 2 fully saturated rings. The SMILES string of the molecule is O=C(c1cccc(=O)[nH]1)N1CC[C@@H]2[C@H]1CCN2C(=O)c1ncccc1-c1ccccc1. The summed E-state index contributed by atoms with van der Waals surface area (Å²) < 4.78 is 0. The van der Waals surface area contributed by atoms with Crippen LogP contribution in [0.2, 0.25) is 0 Å². The second kappa shape index (κ2) is 7.83. The molecule has 2 saturated heterocycles. The number of aromatic amines is 1. The monoisotopic (exact) mass is 414 g/mol. The average Bonchev–Trinajstić information content (AvgIpc) is 3.41. The van der Waals surface area contributed by atoms with E-state index < -0.39 is 0 Å². The van der Waals surface area contributed by atoms with E-state index in [4.69, 9.17) is 0 Å². The summed E-state index contributed by atoms with van der Waals surface area (Å²) in [7, 11) is 0. The summed E-state index contributed by atoms with van der Waals surface area (Å²) in [5.41, 5.74) is 2.18. The first-order chi connectivity index (χ1) is 15.1. The summed E-state index contributed by atoms with van der Waals surface area (Å²) in [5, 5.41) is 0. The van der Waals surface area contributed by atoms with Gasteiger partial charge in [-0.05, 0) is 30.5 Å². The molecule has 0 bridgehead atoms. The van der Waals surface area contributed by atoms with Gasteiger partial charge in [0.25, 0.3) is 11.8 Å². The molecule has 31 heavy (non-hydrogen) atoms. The van der Waals surface area contributed by atoms with Crippen LogP contribution in [0.25, 0.3) is 11.1 Å². The summed E-state index contributed by atoms with van der Waals surface area (Å²) in [6.45, 7) is 1.14. The topological polar surface area (TPSA) is 86.4 Å². The highest BCUT2D eigenvalue weighted by Gasteiger charge is 2.47. The molecule has 7 heteroatoms. The Bertz CT molecular complexity index is 1190. The largest absolute Gasteiger partial charge is 0.332 e. The molecule has 7 nitrogen and oxygen atoms in total. The molecule has 2 aliphatic rings. The Kier molecular flexibility index (Phi) is 4.86. The number of rotatable bonds is 3. The smallest absolute Gasteiger partial charge is 0.273 e. The summed E-state index contributed by atoms with van der Waals surface area (Å²) in [6, 6.07) is 18.0. The van der Waals surface area contributed by atoms with E-state index in [9.17, 15) is 14.4 Å². The van der Waals surface area contributed by atoms with Crippen molar-refractivity contribution < 1.29 is 9.59 Å². The summed E-state index contributed by atoms with van der Waals surface area (Å²) in [4.78, 5) is 48.7. The zero-order valence-corrected chi connectivity index (χ0v) is 16.9. The molecule has 2 aliphatic heterocycles. The van der Waals surface area contributed by atoms with Gasteiger partial charge in [-0.1, -0.05) is 42.5 Å². The standard InChI is InChI=1S/C24H22N4O3/c29-21-10-4-9-18(26-21)23(30)27-14-11-20-19(27)12-15-28(20)24(31)22-17(8-5-13-25-22)16-6-2-1-3-7-16/h1-10,13,19-20H,11-12,14-15H2,(H,26,29)/t19-,20-/m1/s1.